The van der Waals surface area contributed by atoms with E-state index in [1.165, 1.54) is 0 Å². The highest BCUT2D eigenvalue weighted by molar-refractivity contribution is 9.10. The van der Waals surface area contributed by atoms with Crippen molar-refractivity contribution in [2.45, 2.75) is 18.9 Å². The lowest BCUT2D eigenvalue weighted by molar-refractivity contribution is 0.0824. The van der Waals surface area contributed by atoms with E-state index in [9.17, 15) is 5.11 Å². The summed E-state index contributed by atoms with van der Waals surface area (Å²) in [4.78, 5) is 15.5. The number of aromatic nitrogens is 4. The second-order valence-corrected chi connectivity index (χ2v) is 7.44. The Hall–Kier alpha value is -1.99. The maximum atomic E-state index is 10.6. The molecule has 2 aromatic heterocycles. The van der Waals surface area contributed by atoms with Gasteiger partial charge in [0.15, 0.2) is 0 Å². The zero-order valence-electron chi connectivity index (χ0n) is 14.0. The van der Waals surface area contributed by atoms with Crippen LogP contribution < -0.4 is 4.90 Å². The van der Waals surface area contributed by atoms with Gasteiger partial charge < -0.3 is 14.6 Å². The van der Waals surface area contributed by atoms with Crippen molar-refractivity contribution >= 4 is 32.7 Å². The molecule has 0 radical (unpaired) electrons. The third kappa shape index (κ3) is 3.14. The van der Waals surface area contributed by atoms with Gasteiger partial charge in [-0.25, -0.2) is 15.0 Å². The third-order valence-corrected chi connectivity index (χ3v) is 5.48. The number of hydrogen-bond acceptors (Lipinski definition) is 5. The zero-order valence-corrected chi connectivity index (χ0v) is 15.6. The minimum absolute atomic E-state index is 0.220. The van der Waals surface area contributed by atoms with E-state index in [4.69, 9.17) is 0 Å². The monoisotopic (exact) mass is 401 g/mol. The summed E-state index contributed by atoms with van der Waals surface area (Å²) >= 11 is 3.53. The molecule has 1 aromatic carbocycles. The fourth-order valence-electron chi connectivity index (χ4n) is 3.57. The van der Waals surface area contributed by atoms with Crippen LogP contribution in [0.3, 0.4) is 0 Å². The predicted octanol–water partition coefficient (Wildman–Crippen LogP) is 3.08. The van der Waals surface area contributed by atoms with E-state index in [0.29, 0.717) is 0 Å². The fraction of sp³-hybridized carbons (Fsp3) is 0.389. The molecule has 1 N–H and O–H groups in total. The lowest BCUT2D eigenvalue weighted by Crippen LogP contribution is -2.36. The van der Waals surface area contributed by atoms with Gasteiger partial charge >= 0.3 is 0 Å². The summed E-state index contributed by atoms with van der Waals surface area (Å²) in [6, 6.07) is 6.07. The number of piperidine rings is 1. The molecule has 4 rings (SSSR count). The van der Waals surface area contributed by atoms with Crippen LogP contribution >= 0.6 is 15.9 Å². The third-order valence-electron chi connectivity index (χ3n) is 4.99. The second kappa shape index (κ2) is 6.72. The molecular formula is C18H20BrN5O. The van der Waals surface area contributed by atoms with Gasteiger partial charge in [-0.1, -0.05) is 15.9 Å². The van der Waals surface area contributed by atoms with Crippen LogP contribution in [0, 0.1) is 5.92 Å². The zero-order chi connectivity index (χ0) is 17.4. The Morgan fingerprint density at radius 3 is 2.72 bits per heavy atom. The fourth-order valence-corrected chi connectivity index (χ4v) is 3.93. The second-order valence-electron chi connectivity index (χ2n) is 6.52. The summed E-state index contributed by atoms with van der Waals surface area (Å²) in [6.45, 7) is 1.73. The molecule has 3 aromatic rings. The van der Waals surface area contributed by atoms with E-state index >= 15 is 0 Å². The number of aliphatic hydroxyl groups is 1. The topological polar surface area (TPSA) is 67.1 Å². The standard InChI is InChI=1S/C18H20BrN5O/c1-23-9-6-20-18(23)16(25)12-4-7-24(8-5-12)17-14-10-13(19)2-3-15(14)21-11-22-17/h2-3,6,9-12,16,25H,4-5,7-8H2,1H3. The minimum atomic E-state index is -0.515. The van der Waals surface area contributed by atoms with E-state index in [0.717, 1.165) is 52.9 Å². The molecule has 1 unspecified atom stereocenters. The summed E-state index contributed by atoms with van der Waals surface area (Å²) in [6.07, 6.45) is 6.54. The van der Waals surface area contributed by atoms with Crippen LogP contribution in [0.25, 0.3) is 10.9 Å². The molecular weight excluding hydrogens is 382 g/mol. The van der Waals surface area contributed by atoms with Crippen LogP contribution in [0.5, 0.6) is 0 Å². The molecule has 3 heterocycles. The highest BCUT2D eigenvalue weighted by Crippen LogP contribution is 2.33. The van der Waals surface area contributed by atoms with E-state index in [-0.39, 0.29) is 5.92 Å². The Morgan fingerprint density at radius 1 is 1.20 bits per heavy atom. The molecule has 1 saturated heterocycles. The molecule has 0 aliphatic carbocycles. The van der Waals surface area contributed by atoms with Crippen LogP contribution in [-0.4, -0.2) is 37.7 Å². The lowest BCUT2D eigenvalue weighted by Gasteiger charge is -2.35. The first kappa shape index (κ1) is 16.5. The number of benzene rings is 1. The van der Waals surface area contributed by atoms with Crippen LogP contribution in [0.4, 0.5) is 5.82 Å². The first-order valence-electron chi connectivity index (χ1n) is 8.44. The minimum Gasteiger partial charge on any atom is -0.385 e. The van der Waals surface area contributed by atoms with Gasteiger partial charge in [-0.3, -0.25) is 0 Å². The normalized spacial score (nSPS) is 17.2. The van der Waals surface area contributed by atoms with Crippen LogP contribution in [0.2, 0.25) is 0 Å². The number of anilines is 1. The number of halogens is 1. The average molecular weight is 402 g/mol. The molecule has 0 amide bonds. The average Bonchev–Trinajstić information content (AvgIpc) is 3.06. The first-order valence-corrected chi connectivity index (χ1v) is 9.23. The molecule has 7 heteroatoms. The number of aliphatic hydroxyl groups excluding tert-OH is 1. The van der Waals surface area contributed by atoms with Crippen LogP contribution in [-0.2, 0) is 7.05 Å². The van der Waals surface area contributed by atoms with Crippen molar-refractivity contribution in [3.63, 3.8) is 0 Å². The van der Waals surface area contributed by atoms with E-state index in [1.54, 1.807) is 12.5 Å². The number of fused-ring (bicyclic) bond motifs is 1. The van der Waals surface area contributed by atoms with Gasteiger partial charge in [0, 0.05) is 42.4 Å². The van der Waals surface area contributed by atoms with Crippen LogP contribution in [0.1, 0.15) is 24.8 Å². The van der Waals surface area contributed by atoms with Gasteiger partial charge in [-0.05, 0) is 37.0 Å². The van der Waals surface area contributed by atoms with Crippen LogP contribution in [0.15, 0.2) is 41.4 Å². The van der Waals surface area contributed by atoms with E-state index in [2.05, 4.69) is 41.8 Å². The smallest absolute Gasteiger partial charge is 0.139 e. The summed E-state index contributed by atoms with van der Waals surface area (Å²) in [5.74, 6) is 1.93. The van der Waals surface area contributed by atoms with Gasteiger partial charge in [-0.2, -0.15) is 0 Å². The molecule has 0 saturated carbocycles. The van der Waals surface area contributed by atoms with Crippen molar-refractivity contribution in [1.82, 2.24) is 19.5 Å². The lowest BCUT2D eigenvalue weighted by atomic mass is 9.90. The summed E-state index contributed by atoms with van der Waals surface area (Å²) in [5.41, 5.74) is 0.948. The van der Waals surface area contributed by atoms with Gasteiger partial charge in [0.05, 0.1) is 5.52 Å². The molecule has 1 aliphatic heterocycles. The molecule has 1 aliphatic rings. The van der Waals surface area contributed by atoms with Gasteiger partial charge in [0.1, 0.15) is 24.1 Å². The number of imidazole rings is 1. The molecule has 1 fully saturated rings. The Bertz CT molecular complexity index is 888. The quantitative estimate of drug-likeness (QED) is 0.730. The van der Waals surface area contributed by atoms with Crippen molar-refractivity contribution in [3.05, 3.63) is 47.2 Å². The van der Waals surface area contributed by atoms with Gasteiger partial charge in [0.2, 0.25) is 0 Å². The van der Waals surface area contributed by atoms with E-state index in [1.807, 2.05) is 29.9 Å². The Labute approximate surface area is 154 Å². The summed E-state index contributed by atoms with van der Waals surface area (Å²) in [5, 5.41) is 11.7. The first-order chi connectivity index (χ1) is 12.1. The van der Waals surface area contributed by atoms with Crippen molar-refractivity contribution in [2.24, 2.45) is 13.0 Å². The highest BCUT2D eigenvalue weighted by Gasteiger charge is 2.29. The highest BCUT2D eigenvalue weighted by atomic mass is 79.9. The number of aryl methyl sites for hydroxylation is 1. The van der Waals surface area contributed by atoms with Crippen molar-refractivity contribution in [1.29, 1.82) is 0 Å². The summed E-state index contributed by atoms with van der Waals surface area (Å²) < 4.78 is 2.92. The van der Waals surface area contributed by atoms with Gasteiger partial charge in [-0.15, -0.1) is 0 Å². The molecule has 1 atom stereocenters. The van der Waals surface area contributed by atoms with Crippen molar-refractivity contribution < 1.29 is 5.11 Å². The molecule has 130 valence electrons. The largest absolute Gasteiger partial charge is 0.385 e. The predicted molar refractivity (Wildman–Crippen MR) is 100 cm³/mol. The van der Waals surface area contributed by atoms with Gasteiger partial charge in [0.25, 0.3) is 0 Å². The molecule has 25 heavy (non-hydrogen) atoms. The Balaban J connectivity index is 1.53. The Morgan fingerprint density at radius 2 is 2.00 bits per heavy atom. The maximum absolute atomic E-state index is 10.6. The molecule has 0 bridgehead atoms. The number of rotatable bonds is 3. The van der Waals surface area contributed by atoms with E-state index < -0.39 is 6.10 Å². The SMILES string of the molecule is Cn1ccnc1C(O)C1CCN(c2ncnc3ccc(Br)cc23)CC1. The number of hydrogen-bond donors (Lipinski definition) is 1. The van der Waals surface area contributed by atoms with Crippen molar-refractivity contribution in [2.75, 3.05) is 18.0 Å². The number of nitrogens with zero attached hydrogens (tertiary/aromatic N) is 5. The Kier molecular flexibility index (Phi) is 4.43. The molecule has 6 nitrogen and oxygen atoms in total. The molecule has 0 spiro atoms. The van der Waals surface area contributed by atoms with Crippen molar-refractivity contribution in [3.8, 4) is 0 Å². The summed E-state index contributed by atoms with van der Waals surface area (Å²) in [7, 11) is 1.92. The maximum Gasteiger partial charge on any atom is 0.139 e.